The van der Waals surface area contributed by atoms with Gasteiger partial charge in [0.25, 0.3) is 0 Å². The Balaban J connectivity index is 1.62. The molecule has 0 fully saturated rings. The standard InChI is InChI=1S/C18H19BrCl2N6O/c1-10(7-27-12(3)16(19)11(2)24-27)17(28)23-18-22-9-26(25-18)8-13-4-5-14(20)6-15(13)21/h4-6,9-10H,7-8H2,1-3H3,(H,23,25,28). The molecule has 10 heteroatoms. The highest BCUT2D eigenvalue weighted by Crippen LogP contribution is 2.22. The van der Waals surface area contributed by atoms with E-state index in [0.717, 1.165) is 21.4 Å². The molecule has 0 aliphatic rings. The first-order valence-corrected chi connectivity index (χ1v) is 10.1. The summed E-state index contributed by atoms with van der Waals surface area (Å²) >= 11 is 15.6. The van der Waals surface area contributed by atoms with Crippen molar-refractivity contribution in [3.63, 3.8) is 0 Å². The molecule has 0 saturated carbocycles. The molecular formula is C18H19BrCl2N6O. The number of rotatable bonds is 6. The molecule has 0 spiro atoms. The quantitative estimate of drug-likeness (QED) is 0.558. The average Bonchev–Trinajstić information content (AvgIpc) is 3.17. The van der Waals surface area contributed by atoms with E-state index in [-0.39, 0.29) is 17.8 Å². The number of hydrogen-bond donors (Lipinski definition) is 1. The van der Waals surface area contributed by atoms with Crippen LogP contribution in [0.2, 0.25) is 10.0 Å². The van der Waals surface area contributed by atoms with Crippen LogP contribution >= 0.6 is 39.1 Å². The number of benzene rings is 1. The largest absolute Gasteiger partial charge is 0.293 e. The topological polar surface area (TPSA) is 77.6 Å². The van der Waals surface area contributed by atoms with Gasteiger partial charge in [0.15, 0.2) is 0 Å². The van der Waals surface area contributed by atoms with Crippen molar-refractivity contribution < 1.29 is 4.79 Å². The van der Waals surface area contributed by atoms with Crippen LogP contribution in [0.1, 0.15) is 23.9 Å². The van der Waals surface area contributed by atoms with Crippen molar-refractivity contribution in [2.45, 2.75) is 33.9 Å². The molecule has 7 nitrogen and oxygen atoms in total. The van der Waals surface area contributed by atoms with Crippen molar-refractivity contribution in [2.75, 3.05) is 5.32 Å². The molecule has 28 heavy (non-hydrogen) atoms. The highest BCUT2D eigenvalue weighted by molar-refractivity contribution is 9.10. The van der Waals surface area contributed by atoms with Gasteiger partial charge in [-0.1, -0.05) is 36.2 Å². The molecule has 1 N–H and O–H groups in total. The molecule has 1 amide bonds. The van der Waals surface area contributed by atoms with Crippen LogP contribution in [-0.2, 0) is 17.9 Å². The summed E-state index contributed by atoms with van der Waals surface area (Å²) in [5.41, 5.74) is 2.74. The van der Waals surface area contributed by atoms with Gasteiger partial charge in [0.1, 0.15) is 6.33 Å². The number of carbonyl (C=O) groups is 1. The number of carbonyl (C=O) groups excluding carboxylic acids is 1. The second kappa shape index (κ2) is 8.63. The van der Waals surface area contributed by atoms with E-state index in [1.54, 1.807) is 23.1 Å². The van der Waals surface area contributed by atoms with Crippen LogP contribution < -0.4 is 5.32 Å². The summed E-state index contributed by atoms with van der Waals surface area (Å²) in [5, 5.41) is 12.6. The predicted octanol–water partition coefficient (Wildman–Crippen LogP) is 4.48. The van der Waals surface area contributed by atoms with Crippen LogP contribution in [0, 0.1) is 19.8 Å². The lowest BCUT2D eigenvalue weighted by atomic mass is 10.1. The number of anilines is 1. The Morgan fingerprint density at radius 3 is 2.68 bits per heavy atom. The fourth-order valence-corrected chi connectivity index (χ4v) is 3.43. The van der Waals surface area contributed by atoms with Gasteiger partial charge in [0.05, 0.1) is 29.2 Å². The highest BCUT2D eigenvalue weighted by atomic mass is 79.9. The minimum atomic E-state index is -0.303. The van der Waals surface area contributed by atoms with Gasteiger partial charge in [0.2, 0.25) is 11.9 Å². The Morgan fingerprint density at radius 2 is 2.04 bits per heavy atom. The third-order valence-electron chi connectivity index (χ3n) is 4.31. The van der Waals surface area contributed by atoms with Gasteiger partial charge < -0.3 is 0 Å². The van der Waals surface area contributed by atoms with Gasteiger partial charge in [-0.25, -0.2) is 9.67 Å². The first-order chi connectivity index (χ1) is 13.2. The second-order valence-corrected chi connectivity index (χ2v) is 8.20. The van der Waals surface area contributed by atoms with Crippen LogP contribution in [-0.4, -0.2) is 30.5 Å². The molecule has 1 unspecified atom stereocenters. The zero-order valence-corrected chi connectivity index (χ0v) is 18.7. The number of nitrogens with one attached hydrogen (secondary N) is 1. The first-order valence-electron chi connectivity index (χ1n) is 8.58. The van der Waals surface area contributed by atoms with Crippen molar-refractivity contribution in [2.24, 2.45) is 5.92 Å². The lowest BCUT2D eigenvalue weighted by Gasteiger charge is -2.12. The summed E-state index contributed by atoms with van der Waals surface area (Å²) in [5.74, 6) is -0.231. The Kier molecular flexibility index (Phi) is 6.42. The lowest BCUT2D eigenvalue weighted by molar-refractivity contribution is -0.119. The summed E-state index contributed by atoms with van der Waals surface area (Å²) in [6, 6.07) is 5.28. The Hall–Kier alpha value is -1.90. The lowest BCUT2D eigenvalue weighted by Crippen LogP contribution is -2.26. The van der Waals surface area contributed by atoms with Crippen LogP contribution in [0.3, 0.4) is 0 Å². The summed E-state index contributed by atoms with van der Waals surface area (Å²) < 4.78 is 4.38. The Bertz CT molecular complexity index is 1020. The third-order valence-corrected chi connectivity index (χ3v) is 6.04. The minimum Gasteiger partial charge on any atom is -0.293 e. The molecule has 0 saturated heterocycles. The van der Waals surface area contributed by atoms with E-state index in [4.69, 9.17) is 23.2 Å². The molecule has 2 heterocycles. The molecule has 148 valence electrons. The van der Waals surface area contributed by atoms with E-state index in [1.807, 2.05) is 31.5 Å². The number of aryl methyl sites for hydroxylation is 1. The van der Waals surface area contributed by atoms with Gasteiger partial charge >= 0.3 is 0 Å². The van der Waals surface area contributed by atoms with Gasteiger partial charge in [-0.05, 0) is 47.5 Å². The number of nitrogens with zero attached hydrogens (tertiary/aromatic N) is 5. The van der Waals surface area contributed by atoms with E-state index in [0.29, 0.717) is 23.1 Å². The van der Waals surface area contributed by atoms with Crippen molar-refractivity contribution >= 4 is 51.0 Å². The maximum Gasteiger partial charge on any atom is 0.248 e. The normalized spacial score (nSPS) is 12.2. The van der Waals surface area contributed by atoms with Gasteiger partial charge in [0, 0.05) is 15.7 Å². The first kappa shape index (κ1) is 20.8. The van der Waals surface area contributed by atoms with E-state index in [1.165, 1.54) is 0 Å². The molecule has 0 aliphatic heterocycles. The zero-order chi connectivity index (χ0) is 20.4. The van der Waals surface area contributed by atoms with E-state index < -0.39 is 0 Å². The monoisotopic (exact) mass is 484 g/mol. The molecule has 0 aliphatic carbocycles. The fourth-order valence-electron chi connectivity index (χ4n) is 2.68. The van der Waals surface area contributed by atoms with Crippen LogP contribution in [0.4, 0.5) is 5.95 Å². The molecular weight excluding hydrogens is 467 g/mol. The molecule has 1 aromatic carbocycles. The van der Waals surface area contributed by atoms with E-state index in [9.17, 15) is 4.79 Å². The van der Waals surface area contributed by atoms with Gasteiger partial charge in [-0.3, -0.25) is 14.8 Å². The Morgan fingerprint density at radius 1 is 1.29 bits per heavy atom. The van der Waals surface area contributed by atoms with Crippen molar-refractivity contribution in [3.05, 3.63) is 56.0 Å². The minimum absolute atomic E-state index is 0.175. The van der Waals surface area contributed by atoms with E-state index in [2.05, 4.69) is 36.4 Å². The number of aromatic nitrogens is 5. The Labute approximate surface area is 181 Å². The smallest absolute Gasteiger partial charge is 0.248 e. The van der Waals surface area contributed by atoms with Crippen molar-refractivity contribution in [3.8, 4) is 0 Å². The number of hydrogen-bond acceptors (Lipinski definition) is 4. The molecule has 2 aromatic heterocycles. The molecule has 1 atom stereocenters. The van der Waals surface area contributed by atoms with Crippen molar-refractivity contribution in [1.29, 1.82) is 0 Å². The van der Waals surface area contributed by atoms with Gasteiger partial charge in [-0.15, -0.1) is 5.10 Å². The predicted molar refractivity (Wildman–Crippen MR) is 113 cm³/mol. The maximum absolute atomic E-state index is 12.5. The summed E-state index contributed by atoms with van der Waals surface area (Å²) in [7, 11) is 0. The zero-order valence-electron chi connectivity index (χ0n) is 15.6. The summed E-state index contributed by atoms with van der Waals surface area (Å²) in [4.78, 5) is 16.6. The highest BCUT2D eigenvalue weighted by Gasteiger charge is 2.18. The number of halogens is 3. The molecule has 0 radical (unpaired) electrons. The van der Waals surface area contributed by atoms with E-state index >= 15 is 0 Å². The van der Waals surface area contributed by atoms with Crippen LogP contribution in [0.15, 0.2) is 29.0 Å². The van der Waals surface area contributed by atoms with Crippen molar-refractivity contribution in [1.82, 2.24) is 24.5 Å². The molecule has 3 rings (SSSR count). The van der Waals surface area contributed by atoms with Gasteiger partial charge in [-0.2, -0.15) is 5.10 Å². The van der Waals surface area contributed by atoms with Crippen LogP contribution in [0.5, 0.6) is 0 Å². The SMILES string of the molecule is Cc1nn(CC(C)C(=O)Nc2ncn(Cc3ccc(Cl)cc3Cl)n2)c(C)c1Br. The third kappa shape index (κ3) is 4.74. The molecule has 3 aromatic rings. The maximum atomic E-state index is 12.5. The second-order valence-electron chi connectivity index (χ2n) is 6.56. The number of amides is 1. The fraction of sp³-hybridized carbons (Fsp3) is 0.333. The summed E-state index contributed by atoms with van der Waals surface area (Å²) in [6.07, 6.45) is 1.54. The molecule has 0 bridgehead atoms. The average molecular weight is 486 g/mol. The van der Waals surface area contributed by atoms with Crippen LogP contribution in [0.25, 0.3) is 0 Å². The summed E-state index contributed by atoms with van der Waals surface area (Å²) in [6.45, 7) is 6.60.